The molecule has 1 aromatic carbocycles. The number of halogens is 1. The van der Waals surface area contributed by atoms with Crippen LogP contribution in [0.3, 0.4) is 0 Å². The van der Waals surface area contributed by atoms with E-state index in [2.05, 4.69) is 19.9 Å². The molecule has 0 fully saturated rings. The molecule has 0 aliphatic rings. The van der Waals surface area contributed by atoms with Crippen molar-refractivity contribution < 1.29 is 26.5 Å². The standard InChI is InChI=1S/C12H17O2.BrH.Mg/c1-10(2)8-9-14-12-7-5-4-6-11(12)13-3;;/h4,6-7,10H,8-9H2,1-3H3;1H;/q-1;;+2/p-1. The van der Waals surface area contributed by atoms with E-state index in [1.54, 1.807) is 13.2 Å². The van der Waals surface area contributed by atoms with Crippen molar-refractivity contribution in [3.8, 4) is 11.5 Å². The molecule has 0 N–H and O–H groups in total. The third-order valence-electron chi connectivity index (χ3n) is 1.96. The Labute approximate surface area is 125 Å². The fourth-order valence-electron chi connectivity index (χ4n) is 1.09. The average molecular weight is 297 g/mol. The second-order valence-corrected chi connectivity index (χ2v) is 3.61. The molecule has 0 atom stereocenters. The van der Waals surface area contributed by atoms with Crippen molar-refractivity contribution in [2.24, 2.45) is 5.92 Å². The first-order valence-corrected chi connectivity index (χ1v) is 4.91. The first-order chi connectivity index (χ1) is 6.74. The summed E-state index contributed by atoms with van der Waals surface area (Å²) >= 11 is 0. The van der Waals surface area contributed by atoms with Gasteiger partial charge in [0.25, 0.3) is 0 Å². The zero-order valence-corrected chi connectivity index (χ0v) is 13.1. The van der Waals surface area contributed by atoms with Gasteiger partial charge in [0.15, 0.2) is 0 Å². The number of methoxy groups -OCH3 is 1. The predicted octanol–water partition coefficient (Wildman–Crippen LogP) is -0.457. The minimum Gasteiger partial charge on any atom is -1.00 e. The zero-order chi connectivity index (χ0) is 10.4. The van der Waals surface area contributed by atoms with E-state index in [0.717, 1.165) is 24.5 Å². The number of hydrogen-bond acceptors (Lipinski definition) is 2. The van der Waals surface area contributed by atoms with Crippen molar-refractivity contribution in [2.45, 2.75) is 20.3 Å². The predicted molar refractivity (Wildman–Crippen MR) is 62.5 cm³/mol. The number of ether oxygens (including phenoxy) is 2. The van der Waals surface area contributed by atoms with Gasteiger partial charge >= 0.3 is 23.1 Å². The molecular weight excluding hydrogens is 280 g/mol. The van der Waals surface area contributed by atoms with Crippen molar-refractivity contribution in [1.29, 1.82) is 0 Å². The molecule has 0 saturated heterocycles. The fraction of sp³-hybridized carbons (Fsp3) is 0.500. The van der Waals surface area contributed by atoms with Gasteiger partial charge in [-0.15, -0.1) is 12.1 Å². The molecule has 0 unspecified atom stereocenters. The minimum absolute atomic E-state index is 0. The molecule has 0 amide bonds. The van der Waals surface area contributed by atoms with Crippen molar-refractivity contribution >= 4 is 23.1 Å². The van der Waals surface area contributed by atoms with Gasteiger partial charge in [-0.3, -0.25) is 0 Å². The Bertz CT molecular complexity index is 279. The van der Waals surface area contributed by atoms with E-state index < -0.39 is 0 Å². The summed E-state index contributed by atoms with van der Waals surface area (Å²) in [4.78, 5) is 0. The third kappa shape index (κ3) is 6.61. The Morgan fingerprint density at radius 1 is 1.31 bits per heavy atom. The summed E-state index contributed by atoms with van der Waals surface area (Å²) in [7, 11) is 1.64. The van der Waals surface area contributed by atoms with Crippen molar-refractivity contribution in [1.82, 2.24) is 0 Å². The van der Waals surface area contributed by atoms with Crippen LogP contribution in [0, 0.1) is 12.0 Å². The normalized spacial score (nSPS) is 9.00. The van der Waals surface area contributed by atoms with Crippen LogP contribution in [0.1, 0.15) is 20.3 Å². The maximum Gasteiger partial charge on any atom is 2.00 e. The van der Waals surface area contributed by atoms with Crippen LogP contribution in [-0.2, 0) is 0 Å². The first-order valence-electron chi connectivity index (χ1n) is 4.91. The van der Waals surface area contributed by atoms with Gasteiger partial charge in [-0.25, -0.2) is 0 Å². The molecule has 4 heteroatoms. The van der Waals surface area contributed by atoms with Crippen molar-refractivity contribution in [2.75, 3.05) is 13.7 Å². The molecular formula is C12H17BrMgO2. The van der Waals surface area contributed by atoms with E-state index in [1.807, 2.05) is 12.1 Å². The molecule has 1 aromatic rings. The molecule has 0 heterocycles. The molecule has 16 heavy (non-hydrogen) atoms. The SMILES string of the molecule is COc1cc[c-]cc1OCCC(C)C.[Br-].[Mg+2]. The molecule has 0 aliphatic carbocycles. The molecule has 0 aromatic heterocycles. The molecule has 0 aliphatic heterocycles. The van der Waals surface area contributed by atoms with Crippen LogP contribution >= 0.6 is 0 Å². The zero-order valence-electron chi connectivity index (χ0n) is 10.1. The van der Waals surface area contributed by atoms with E-state index in [4.69, 9.17) is 9.47 Å². The Morgan fingerprint density at radius 2 is 2.00 bits per heavy atom. The second kappa shape index (κ2) is 10.2. The van der Waals surface area contributed by atoms with Crippen LogP contribution in [0.25, 0.3) is 0 Å². The summed E-state index contributed by atoms with van der Waals surface area (Å²) in [6.45, 7) is 5.08. The monoisotopic (exact) mass is 296 g/mol. The van der Waals surface area contributed by atoms with E-state index >= 15 is 0 Å². The van der Waals surface area contributed by atoms with Crippen LogP contribution in [-0.4, -0.2) is 36.8 Å². The minimum atomic E-state index is 0. The van der Waals surface area contributed by atoms with Crippen molar-refractivity contribution in [3.05, 3.63) is 24.3 Å². The van der Waals surface area contributed by atoms with Gasteiger partial charge in [0, 0.05) is 5.75 Å². The van der Waals surface area contributed by atoms with E-state index in [1.165, 1.54) is 0 Å². The molecule has 0 radical (unpaired) electrons. The smallest absolute Gasteiger partial charge is 1.00 e. The molecule has 86 valence electrons. The van der Waals surface area contributed by atoms with Crippen LogP contribution < -0.4 is 26.5 Å². The van der Waals surface area contributed by atoms with Gasteiger partial charge in [-0.1, -0.05) is 13.8 Å². The number of hydrogen-bond donors (Lipinski definition) is 0. The van der Waals surface area contributed by atoms with Crippen LogP contribution in [0.15, 0.2) is 18.2 Å². The van der Waals surface area contributed by atoms with Crippen LogP contribution in [0.5, 0.6) is 11.5 Å². The summed E-state index contributed by atoms with van der Waals surface area (Å²) in [6, 6.07) is 8.44. The topological polar surface area (TPSA) is 18.5 Å². The van der Waals surface area contributed by atoms with Crippen LogP contribution in [0.4, 0.5) is 0 Å². The Kier molecular flexibility index (Phi) is 11.8. The first kappa shape index (κ1) is 18.4. The molecule has 0 spiro atoms. The quantitative estimate of drug-likeness (QED) is 0.541. The van der Waals surface area contributed by atoms with Crippen molar-refractivity contribution in [3.63, 3.8) is 0 Å². The maximum atomic E-state index is 5.58. The van der Waals surface area contributed by atoms with Gasteiger partial charge in [-0.2, -0.15) is 12.1 Å². The summed E-state index contributed by atoms with van der Waals surface area (Å²) in [5.74, 6) is 2.21. The Morgan fingerprint density at radius 3 is 2.56 bits per heavy atom. The van der Waals surface area contributed by atoms with Gasteiger partial charge < -0.3 is 26.5 Å². The van der Waals surface area contributed by atoms with E-state index in [9.17, 15) is 0 Å². The van der Waals surface area contributed by atoms with Gasteiger partial charge in [0.1, 0.15) is 0 Å². The summed E-state index contributed by atoms with van der Waals surface area (Å²) in [5, 5.41) is 0. The molecule has 0 bridgehead atoms. The second-order valence-electron chi connectivity index (χ2n) is 3.61. The summed E-state index contributed by atoms with van der Waals surface area (Å²) in [5.41, 5.74) is 0. The maximum absolute atomic E-state index is 5.58. The summed E-state index contributed by atoms with van der Waals surface area (Å²) in [6.07, 6.45) is 1.05. The molecule has 2 nitrogen and oxygen atoms in total. The van der Waals surface area contributed by atoms with E-state index in [0.29, 0.717) is 5.92 Å². The average Bonchev–Trinajstić information content (AvgIpc) is 2.18. The largest absolute Gasteiger partial charge is 2.00 e. The Balaban J connectivity index is 0. The number of benzene rings is 1. The number of rotatable bonds is 5. The van der Waals surface area contributed by atoms with Crippen LogP contribution in [0.2, 0.25) is 0 Å². The van der Waals surface area contributed by atoms with Gasteiger partial charge in [0.2, 0.25) is 0 Å². The third-order valence-corrected chi connectivity index (χ3v) is 1.96. The molecule has 0 saturated carbocycles. The Hall–Kier alpha value is 0.0662. The van der Waals surface area contributed by atoms with Gasteiger partial charge in [-0.05, 0) is 12.3 Å². The van der Waals surface area contributed by atoms with E-state index in [-0.39, 0.29) is 40.0 Å². The summed E-state index contributed by atoms with van der Waals surface area (Å²) < 4.78 is 10.7. The molecule has 1 rings (SSSR count). The van der Waals surface area contributed by atoms with Gasteiger partial charge in [0.05, 0.1) is 19.5 Å². The fourth-order valence-corrected chi connectivity index (χ4v) is 1.09.